The SMILES string of the molecule is c1ncc(C2COC3(CCN(CC4CCOC4)CC3)C2)cn1. The van der Waals surface area contributed by atoms with Crippen molar-refractivity contribution in [2.75, 3.05) is 39.5 Å². The number of hydrogen-bond donors (Lipinski definition) is 0. The first-order valence-electron chi connectivity index (χ1n) is 8.52. The largest absolute Gasteiger partial charge is 0.381 e. The second kappa shape index (κ2) is 6.22. The van der Waals surface area contributed by atoms with Gasteiger partial charge in [0.1, 0.15) is 6.33 Å². The first-order chi connectivity index (χ1) is 10.8. The van der Waals surface area contributed by atoms with E-state index in [0.717, 1.165) is 58.1 Å². The number of ether oxygens (including phenoxy) is 2. The molecule has 2 unspecified atom stereocenters. The molecule has 22 heavy (non-hydrogen) atoms. The highest BCUT2D eigenvalue weighted by atomic mass is 16.5. The van der Waals surface area contributed by atoms with E-state index in [1.165, 1.54) is 18.5 Å². The van der Waals surface area contributed by atoms with Crippen molar-refractivity contribution in [2.24, 2.45) is 5.92 Å². The Morgan fingerprint density at radius 3 is 2.73 bits per heavy atom. The summed E-state index contributed by atoms with van der Waals surface area (Å²) in [6.07, 6.45) is 10.1. The molecule has 5 nitrogen and oxygen atoms in total. The summed E-state index contributed by atoms with van der Waals surface area (Å²) >= 11 is 0. The number of rotatable bonds is 3. The zero-order valence-corrected chi connectivity index (χ0v) is 13.1. The predicted molar refractivity (Wildman–Crippen MR) is 82.7 cm³/mol. The molecule has 1 spiro atoms. The molecular weight excluding hydrogens is 278 g/mol. The Labute approximate surface area is 132 Å². The molecule has 0 bridgehead atoms. The van der Waals surface area contributed by atoms with E-state index in [1.807, 2.05) is 12.4 Å². The fourth-order valence-corrected chi connectivity index (χ4v) is 4.16. The first kappa shape index (κ1) is 14.5. The fraction of sp³-hybridized carbons (Fsp3) is 0.765. The Bertz CT molecular complexity index is 482. The van der Waals surface area contributed by atoms with E-state index >= 15 is 0 Å². The van der Waals surface area contributed by atoms with Crippen LogP contribution in [-0.2, 0) is 9.47 Å². The number of hydrogen-bond acceptors (Lipinski definition) is 5. The van der Waals surface area contributed by atoms with E-state index < -0.39 is 0 Å². The topological polar surface area (TPSA) is 47.5 Å². The van der Waals surface area contributed by atoms with Crippen LogP contribution < -0.4 is 0 Å². The van der Waals surface area contributed by atoms with Crippen molar-refractivity contribution in [1.82, 2.24) is 14.9 Å². The molecule has 0 radical (unpaired) electrons. The molecule has 0 aromatic carbocycles. The summed E-state index contributed by atoms with van der Waals surface area (Å²) < 4.78 is 11.8. The van der Waals surface area contributed by atoms with Gasteiger partial charge in [-0.25, -0.2) is 9.97 Å². The van der Waals surface area contributed by atoms with E-state index in [2.05, 4.69) is 14.9 Å². The monoisotopic (exact) mass is 303 g/mol. The van der Waals surface area contributed by atoms with Crippen LogP contribution in [-0.4, -0.2) is 59.9 Å². The number of nitrogens with zero attached hydrogens (tertiary/aromatic N) is 3. The molecule has 4 rings (SSSR count). The smallest absolute Gasteiger partial charge is 0.115 e. The summed E-state index contributed by atoms with van der Waals surface area (Å²) in [5, 5.41) is 0. The standard InChI is InChI=1S/C17H25N3O2/c1-6-21-11-14(1)10-20-4-2-17(3-5-20)7-15(12-22-17)16-8-18-13-19-9-16/h8-9,13-15H,1-7,10-12H2. The summed E-state index contributed by atoms with van der Waals surface area (Å²) in [5.74, 6) is 1.21. The van der Waals surface area contributed by atoms with E-state index in [-0.39, 0.29) is 5.60 Å². The van der Waals surface area contributed by atoms with Gasteiger partial charge in [-0.2, -0.15) is 0 Å². The van der Waals surface area contributed by atoms with E-state index in [9.17, 15) is 0 Å². The van der Waals surface area contributed by atoms with Crippen molar-refractivity contribution in [3.8, 4) is 0 Å². The fourth-order valence-electron chi connectivity index (χ4n) is 4.16. The van der Waals surface area contributed by atoms with Crippen LogP contribution in [0.25, 0.3) is 0 Å². The first-order valence-corrected chi connectivity index (χ1v) is 8.52. The third-order valence-electron chi connectivity index (χ3n) is 5.57. The third kappa shape index (κ3) is 3.03. The highest BCUT2D eigenvalue weighted by Gasteiger charge is 2.43. The minimum atomic E-state index is 0.100. The van der Waals surface area contributed by atoms with Crippen molar-refractivity contribution in [3.63, 3.8) is 0 Å². The molecule has 120 valence electrons. The Balaban J connectivity index is 1.31. The van der Waals surface area contributed by atoms with Gasteiger partial charge >= 0.3 is 0 Å². The summed E-state index contributed by atoms with van der Waals surface area (Å²) in [7, 11) is 0. The molecule has 0 saturated carbocycles. The predicted octanol–water partition coefficient (Wildman–Crippen LogP) is 1.85. The lowest BCUT2D eigenvalue weighted by Gasteiger charge is -2.39. The highest BCUT2D eigenvalue weighted by Crippen LogP contribution is 2.42. The van der Waals surface area contributed by atoms with Crippen molar-refractivity contribution >= 4 is 0 Å². The van der Waals surface area contributed by atoms with Gasteiger partial charge in [0.05, 0.1) is 18.8 Å². The molecule has 3 saturated heterocycles. The van der Waals surface area contributed by atoms with Crippen molar-refractivity contribution in [2.45, 2.75) is 37.2 Å². The second-order valence-corrected chi connectivity index (χ2v) is 7.10. The van der Waals surface area contributed by atoms with Crippen LogP contribution in [0.15, 0.2) is 18.7 Å². The van der Waals surface area contributed by atoms with Gasteiger partial charge in [0.2, 0.25) is 0 Å². The molecule has 0 N–H and O–H groups in total. The van der Waals surface area contributed by atoms with Crippen LogP contribution in [0, 0.1) is 5.92 Å². The van der Waals surface area contributed by atoms with Gasteiger partial charge in [0, 0.05) is 44.6 Å². The molecule has 0 amide bonds. The molecule has 2 atom stereocenters. The molecule has 1 aromatic rings. The Morgan fingerprint density at radius 1 is 1.18 bits per heavy atom. The van der Waals surface area contributed by atoms with E-state index in [1.54, 1.807) is 6.33 Å². The number of piperidine rings is 1. The Hall–Kier alpha value is -1.04. The van der Waals surface area contributed by atoms with Crippen LogP contribution in [0.2, 0.25) is 0 Å². The molecule has 3 aliphatic heterocycles. The van der Waals surface area contributed by atoms with Crippen LogP contribution in [0.5, 0.6) is 0 Å². The average molecular weight is 303 g/mol. The van der Waals surface area contributed by atoms with Crippen LogP contribution in [0.3, 0.4) is 0 Å². The van der Waals surface area contributed by atoms with Gasteiger partial charge in [-0.05, 0) is 37.2 Å². The minimum Gasteiger partial charge on any atom is -0.381 e. The number of likely N-dealkylation sites (tertiary alicyclic amines) is 1. The Kier molecular flexibility index (Phi) is 4.11. The molecule has 4 heterocycles. The molecule has 0 aliphatic carbocycles. The Morgan fingerprint density at radius 2 is 2.00 bits per heavy atom. The average Bonchev–Trinajstić information content (AvgIpc) is 3.21. The molecule has 1 aromatic heterocycles. The summed E-state index contributed by atoms with van der Waals surface area (Å²) in [4.78, 5) is 10.9. The number of aromatic nitrogens is 2. The van der Waals surface area contributed by atoms with Crippen LogP contribution in [0.4, 0.5) is 0 Å². The summed E-state index contributed by atoms with van der Waals surface area (Å²) in [5.41, 5.74) is 1.33. The summed E-state index contributed by atoms with van der Waals surface area (Å²) in [6, 6.07) is 0. The third-order valence-corrected chi connectivity index (χ3v) is 5.57. The van der Waals surface area contributed by atoms with Gasteiger partial charge in [0.25, 0.3) is 0 Å². The van der Waals surface area contributed by atoms with Crippen LogP contribution >= 0.6 is 0 Å². The van der Waals surface area contributed by atoms with Gasteiger partial charge in [-0.1, -0.05) is 0 Å². The molecule has 3 aliphatic rings. The maximum Gasteiger partial charge on any atom is 0.115 e. The maximum atomic E-state index is 6.26. The molecule has 5 heteroatoms. The molecular formula is C17H25N3O2. The summed E-state index contributed by atoms with van der Waals surface area (Å²) in [6.45, 7) is 6.25. The van der Waals surface area contributed by atoms with Gasteiger partial charge < -0.3 is 14.4 Å². The van der Waals surface area contributed by atoms with E-state index in [4.69, 9.17) is 9.47 Å². The lowest BCUT2D eigenvalue weighted by atomic mass is 9.83. The van der Waals surface area contributed by atoms with Crippen molar-refractivity contribution in [3.05, 3.63) is 24.3 Å². The van der Waals surface area contributed by atoms with Crippen LogP contribution in [0.1, 0.15) is 37.2 Å². The van der Waals surface area contributed by atoms with E-state index in [0.29, 0.717) is 5.92 Å². The lowest BCUT2D eigenvalue weighted by Crippen LogP contribution is -2.45. The van der Waals surface area contributed by atoms with Gasteiger partial charge in [0.15, 0.2) is 0 Å². The second-order valence-electron chi connectivity index (χ2n) is 7.10. The van der Waals surface area contributed by atoms with Gasteiger partial charge in [-0.3, -0.25) is 0 Å². The highest BCUT2D eigenvalue weighted by molar-refractivity contribution is 5.14. The zero-order chi connectivity index (χ0) is 14.8. The lowest BCUT2D eigenvalue weighted by molar-refractivity contribution is -0.0456. The zero-order valence-electron chi connectivity index (χ0n) is 13.1. The van der Waals surface area contributed by atoms with Crippen molar-refractivity contribution < 1.29 is 9.47 Å². The van der Waals surface area contributed by atoms with Gasteiger partial charge in [-0.15, -0.1) is 0 Å². The normalized spacial score (nSPS) is 31.8. The quantitative estimate of drug-likeness (QED) is 0.853. The maximum absolute atomic E-state index is 6.26. The van der Waals surface area contributed by atoms with Crippen molar-refractivity contribution in [1.29, 1.82) is 0 Å². The minimum absolute atomic E-state index is 0.100. The molecule has 3 fully saturated rings.